The summed E-state index contributed by atoms with van der Waals surface area (Å²) in [5.74, 6) is -2.14. The minimum atomic E-state index is -0.834. The fourth-order valence-corrected chi connectivity index (χ4v) is 3.01. The number of nitrogens with zero attached hydrogens (tertiary/aromatic N) is 1. The number of phenols is 1. The first-order valence-corrected chi connectivity index (χ1v) is 7.61. The molecular formula is C17H17N3O4. The van der Waals surface area contributed by atoms with Crippen LogP contribution in [0.15, 0.2) is 36.4 Å². The summed E-state index contributed by atoms with van der Waals surface area (Å²) in [4.78, 5) is 37.2. The van der Waals surface area contributed by atoms with E-state index in [-0.39, 0.29) is 5.75 Å². The molecule has 1 aliphatic heterocycles. The number of hydrogen-bond acceptors (Lipinski definition) is 4. The SMILES string of the molecule is NC(=O)[C@H]1CCCN1C(=O)C(=O)Nc1cccc2c(O)cccc12. The molecule has 1 heterocycles. The summed E-state index contributed by atoms with van der Waals surface area (Å²) >= 11 is 0. The Bertz CT molecular complexity index is 834. The second-order valence-corrected chi connectivity index (χ2v) is 5.69. The third-order valence-electron chi connectivity index (χ3n) is 4.18. The smallest absolute Gasteiger partial charge is 0.313 e. The van der Waals surface area contributed by atoms with E-state index in [1.807, 2.05) is 0 Å². The summed E-state index contributed by atoms with van der Waals surface area (Å²) in [5.41, 5.74) is 5.69. The van der Waals surface area contributed by atoms with E-state index >= 15 is 0 Å². The molecule has 7 nitrogen and oxygen atoms in total. The highest BCUT2D eigenvalue weighted by molar-refractivity contribution is 6.40. The Balaban J connectivity index is 1.84. The summed E-state index contributed by atoms with van der Waals surface area (Å²) in [5, 5.41) is 13.6. The lowest BCUT2D eigenvalue weighted by Gasteiger charge is -2.21. The third kappa shape index (κ3) is 2.76. The minimum absolute atomic E-state index is 0.0864. The van der Waals surface area contributed by atoms with Crippen molar-refractivity contribution in [1.82, 2.24) is 4.90 Å². The molecular weight excluding hydrogens is 310 g/mol. The molecule has 3 amide bonds. The third-order valence-corrected chi connectivity index (χ3v) is 4.18. The molecule has 124 valence electrons. The molecule has 3 rings (SSSR count). The lowest BCUT2D eigenvalue weighted by Crippen LogP contribution is -2.47. The molecule has 0 spiro atoms. The van der Waals surface area contributed by atoms with Gasteiger partial charge in [-0.05, 0) is 25.0 Å². The van der Waals surface area contributed by atoms with Gasteiger partial charge in [-0.2, -0.15) is 0 Å². The van der Waals surface area contributed by atoms with Crippen LogP contribution in [0.5, 0.6) is 5.75 Å². The van der Waals surface area contributed by atoms with Gasteiger partial charge in [-0.3, -0.25) is 14.4 Å². The number of amides is 3. The van der Waals surface area contributed by atoms with Crippen molar-refractivity contribution in [2.75, 3.05) is 11.9 Å². The summed E-state index contributed by atoms with van der Waals surface area (Å²) in [6.07, 6.45) is 1.10. The maximum atomic E-state index is 12.3. The van der Waals surface area contributed by atoms with Crippen LogP contribution in [0, 0.1) is 0 Å². The lowest BCUT2D eigenvalue weighted by atomic mass is 10.1. The van der Waals surface area contributed by atoms with E-state index in [1.165, 1.54) is 4.90 Å². The molecule has 1 fully saturated rings. The molecule has 0 aromatic heterocycles. The van der Waals surface area contributed by atoms with Crippen LogP contribution in [-0.2, 0) is 14.4 Å². The van der Waals surface area contributed by atoms with Crippen LogP contribution in [0.4, 0.5) is 5.69 Å². The molecule has 0 bridgehead atoms. The summed E-state index contributed by atoms with van der Waals surface area (Å²) < 4.78 is 0. The number of rotatable bonds is 2. The molecule has 1 aliphatic rings. The van der Waals surface area contributed by atoms with E-state index < -0.39 is 23.8 Å². The zero-order valence-electron chi connectivity index (χ0n) is 12.9. The Hall–Kier alpha value is -3.09. The van der Waals surface area contributed by atoms with E-state index in [0.29, 0.717) is 35.8 Å². The molecule has 1 saturated heterocycles. The van der Waals surface area contributed by atoms with Crippen LogP contribution in [0.2, 0.25) is 0 Å². The molecule has 0 aliphatic carbocycles. The van der Waals surface area contributed by atoms with Gasteiger partial charge in [0, 0.05) is 23.0 Å². The Morgan fingerprint density at radius 1 is 1.12 bits per heavy atom. The Morgan fingerprint density at radius 3 is 2.58 bits per heavy atom. The van der Waals surface area contributed by atoms with Gasteiger partial charge < -0.3 is 21.1 Å². The van der Waals surface area contributed by atoms with Crippen molar-refractivity contribution in [1.29, 1.82) is 0 Å². The number of aromatic hydroxyl groups is 1. The van der Waals surface area contributed by atoms with Crippen LogP contribution >= 0.6 is 0 Å². The van der Waals surface area contributed by atoms with E-state index in [4.69, 9.17) is 5.73 Å². The highest BCUT2D eigenvalue weighted by Gasteiger charge is 2.35. The summed E-state index contributed by atoms with van der Waals surface area (Å²) in [7, 11) is 0. The number of nitrogens with one attached hydrogen (secondary N) is 1. The molecule has 24 heavy (non-hydrogen) atoms. The zero-order valence-corrected chi connectivity index (χ0v) is 12.9. The predicted octanol–water partition coefficient (Wildman–Crippen LogP) is 0.960. The predicted molar refractivity (Wildman–Crippen MR) is 88.2 cm³/mol. The second-order valence-electron chi connectivity index (χ2n) is 5.69. The lowest BCUT2D eigenvalue weighted by molar-refractivity contribution is -0.145. The quantitative estimate of drug-likeness (QED) is 0.713. The van der Waals surface area contributed by atoms with Crippen molar-refractivity contribution in [3.8, 4) is 5.75 Å². The number of nitrogens with two attached hydrogens (primary N) is 1. The number of fused-ring (bicyclic) bond motifs is 1. The number of benzene rings is 2. The van der Waals surface area contributed by atoms with Crippen molar-refractivity contribution in [3.05, 3.63) is 36.4 Å². The number of phenolic OH excluding ortho intramolecular Hbond substituents is 1. The fourth-order valence-electron chi connectivity index (χ4n) is 3.01. The van der Waals surface area contributed by atoms with E-state index in [0.717, 1.165) is 0 Å². The number of carbonyl (C=O) groups excluding carboxylic acids is 3. The highest BCUT2D eigenvalue weighted by Crippen LogP contribution is 2.30. The number of primary amides is 1. The molecule has 4 N–H and O–H groups in total. The molecule has 2 aromatic rings. The first-order chi connectivity index (χ1) is 11.5. The van der Waals surface area contributed by atoms with Crippen molar-refractivity contribution in [3.63, 3.8) is 0 Å². The van der Waals surface area contributed by atoms with Crippen molar-refractivity contribution >= 4 is 34.2 Å². The van der Waals surface area contributed by atoms with Crippen molar-refractivity contribution in [2.45, 2.75) is 18.9 Å². The van der Waals surface area contributed by atoms with E-state index in [9.17, 15) is 19.5 Å². The van der Waals surface area contributed by atoms with Gasteiger partial charge in [-0.25, -0.2) is 0 Å². The van der Waals surface area contributed by atoms with Crippen molar-refractivity contribution < 1.29 is 19.5 Å². The van der Waals surface area contributed by atoms with Gasteiger partial charge in [-0.15, -0.1) is 0 Å². The average molecular weight is 327 g/mol. The van der Waals surface area contributed by atoms with Gasteiger partial charge in [0.1, 0.15) is 11.8 Å². The number of hydrogen-bond donors (Lipinski definition) is 3. The van der Waals surface area contributed by atoms with Crippen LogP contribution in [-0.4, -0.2) is 40.3 Å². The molecule has 0 radical (unpaired) electrons. The average Bonchev–Trinajstić information content (AvgIpc) is 3.05. The van der Waals surface area contributed by atoms with Gasteiger partial charge in [0.15, 0.2) is 0 Å². The summed E-state index contributed by atoms with van der Waals surface area (Å²) in [6.45, 7) is 0.330. The van der Waals surface area contributed by atoms with Crippen molar-refractivity contribution in [2.24, 2.45) is 5.73 Å². The molecule has 0 saturated carbocycles. The highest BCUT2D eigenvalue weighted by atomic mass is 16.3. The van der Waals surface area contributed by atoms with Crippen LogP contribution in [0.25, 0.3) is 10.8 Å². The number of anilines is 1. The number of carbonyl (C=O) groups is 3. The summed E-state index contributed by atoms with van der Waals surface area (Å²) in [6, 6.07) is 9.22. The van der Waals surface area contributed by atoms with E-state index in [2.05, 4.69) is 5.32 Å². The fraction of sp³-hybridized carbons (Fsp3) is 0.235. The van der Waals surface area contributed by atoms with Gasteiger partial charge in [0.25, 0.3) is 0 Å². The molecule has 0 unspecified atom stereocenters. The van der Waals surface area contributed by atoms with Gasteiger partial charge in [-0.1, -0.05) is 24.3 Å². The second kappa shape index (κ2) is 6.19. The van der Waals surface area contributed by atoms with Gasteiger partial charge >= 0.3 is 11.8 Å². The van der Waals surface area contributed by atoms with Crippen LogP contribution < -0.4 is 11.1 Å². The normalized spacial score (nSPS) is 17.0. The largest absolute Gasteiger partial charge is 0.507 e. The molecule has 2 aromatic carbocycles. The standard InChI is InChI=1S/C17H17N3O4/c18-15(22)13-7-3-9-20(13)17(24)16(23)19-12-6-1-5-11-10(12)4-2-8-14(11)21/h1-2,4-6,8,13,21H,3,7,9H2,(H2,18,22)(H,19,23)/t13-/m1/s1. The van der Waals surface area contributed by atoms with Gasteiger partial charge in [0.2, 0.25) is 5.91 Å². The maximum absolute atomic E-state index is 12.3. The Morgan fingerprint density at radius 2 is 1.83 bits per heavy atom. The molecule has 7 heteroatoms. The van der Waals surface area contributed by atoms with Crippen LogP contribution in [0.3, 0.4) is 0 Å². The van der Waals surface area contributed by atoms with Gasteiger partial charge in [0.05, 0.1) is 0 Å². The molecule has 1 atom stereocenters. The topological polar surface area (TPSA) is 113 Å². The Kier molecular flexibility index (Phi) is 4.07. The monoisotopic (exact) mass is 327 g/mol. The zero-order chi connectivity index (χ0) is 17.3. The first kappa shape index (κ1) is 15.8. The number of likely N-dealkylation sites (tertiary alicyclic amines) is 1. The first-order valence-electron chi connectivity index (χ1n) is 7.61. The minimum Gasteiger partial charge on any atom is -0.507 e. The Labute approximate surface area is 138 Å². The maximum Gasteiger partial charge on any atom is 0.313 e. The van der Waals surface area contributed by atoms with E-state index in [1.54, 1.807) is 36.4 Å². The van der Waals surface area contributed by atoms with Crippen LogP contribution in [0.1, 0.15) is 12.8 Å².